The van der Waals surface area contributed by atoms with Crippen molar-refractivity contribution < 1.29 is 32.6 Å². The van der Waals surface area contributed by atoms with E-state index in [1.807, 2.05) is 0 Å². The highest BCUT2D eigenvalue weighted by molar-refractivity contribution is 7.11. The molecule has 1 aliphatic rings. The van der Waals surface area contributed by atoms with Gasteiger partial charge in [-0.1, -0.05) is 24.3 Å². The largest absolute Gasteiger partial charge is 0.460 e. The number of rotatable bonds is 3. The highest BCUT2D eigenvalue weighted by atomic mass is 32.1. The zero-order chi connectivity index (χ0) is 18.2. The van der Waals surface area contributed by atoms with E-state index in [4.69, 9.17) is 0 Å². The van der Waals surface area contributed by atoms with E-state index in [0.29, 0.717) is 5.69 Å². The normalized spacial score (nSPS) is 22.7. The minimum Gasteiger partial charge on any atom is -0.413 e. The first-order valence-corrected chi connectivity index (χ1v) is 7.79. The van der Waals surface area contributed by atoms with E-state index in [1.54, 1.807) is 41.8 Å². The van der Waals surface area contributed by atoms with Crippen molar-refractivity contribution >= 4 is 34.5 Å². The molecule has 1 fully saturated rings. The lowest BCUT2D eigenvalue weighted by atomic mass is 10.00. The van der Waals surface area contributed by atoms with Crippen LogP contribution in [0.3, 0.4) is 0 Å². The van der Waals surface area contributed by atoms with Gasteiger partial charge in [0.1, 0.15) is 5.57 Å². The smallest absolute Gasteiger partial charge is 0.413 e. The van der Waals surface area contributed by atoms with Crippen LogP contribution >= 0.6 is 11.3 Å². The van der Waals surface area contributed by atoms with Gasteiger partial charge < -0.3 is 15.2 Å². The second-order valence-electron chi connectivity index (χ2n) is 5.08. The number of cyclic esters (lactones) is 1. The standard InChI is InChI=1S/C16H10F3NO4S/c17-16(18,19)15(23)11(13(21)14(22)24-15)12(10-7-4-8-25-10)20-9-5-2-1-3-6-9/h1-8,20,23H. The molecule has 3 rings (SSSR count). The van der Waals surface area contributed by atoms with E-state index in [2.05, 4.69) is 10.1 Å². The van der Waals surface area contributed by atoms with Crippen LogP contribution in [0.4, 0.5) is 18.9 Å². The predicted molar refractivity (Wildman–Crippen MR) is 83.4 cm³/mol. The highest BCUT2D eigenvalue weighted by Gasteiger charge is 2.68. The minimum atomic E-state index is -5.38. The number of nitrogens with one attached hydrogen (secondary N) is 1. The number of hydrogen-bond acceptors (Lipinski definition) is 6. The van der Waals surface area contributed by atoms with E-state index in [0.717, 1.165) is 11.3 Å². The Hall–Kier alpha value is -2.65. The van der Waals surface area contributed by atoms with Crippen LogP contribution in [0, 0.1) is 0 Å². The Morgan fingerprint density at radius 3 is 2.36 bits per heavy atom. The van der Waals surface area contributed by atoms with Gasteiger partial charge in [0.05, 0.1) is 10.6 Å². The van der Waals surface area contributed by atoms with E-state index in [-0.39, 0.29) is 10.6 Å². The lowest BCUT2D eigenvalue weighted by molar-refractivity contribution is -0.323. The zero-order valence-corrected chi connectivity index (χ0v) is 13.1. The second-order valence-corrected chi connectivity index (χ2v) is 6.03. The Kier molecular flexibility index (Phi) is 4.13. The van der Waals surface area contributed by atoms with Crippen LogP contribution in [0.15, 0.2) is 53.4 Å². The Labute approximate surface area is 143 Å². The fourth-order valence-corrected chi connectivity index (χ4v) is 3.04. The molecule has 0 spiro atoms. The molecule has 0 amide bonds. The first-order valence-electron chi connectivity index (χ1n) is 6.91. The number of esters is 1. The number of anilines is 1. The van der Waals surface area contributed by atoms with Gasteiger partial charge in [-0.15, -0.1) is 11.3 Å². The van der Waals surface area contributed by atoms with Crippen molar-refractivity contribution in [3.63, 3.8) is 0 Å². The van der Waals surface area contributed by atoms with Crippen molar-refractivity contribution in [1.29, 1.82) is 0 Å². The zero-order valence-electron chi connectivity index (χ0n) is 12.3. The quantitative estimate of drug-likeness (QED) is 0.494. The van der Waals surface area contributed by atoms with Gasteiger partial charge in [-0.05, 0) is 23.6 Å². The Morgan fingerprint density at radius 2 is 1.80 bits per heavy atom. The summed E-state index contributed by atoms with van der Waals surface area (Å²) in [6, 6.07) is 11.1. The molecule has 25 heavy (non-hydrogen) atoms. The van der Waals surface area contributed by atoms with Crippen LogP contribution in [0.1, 0.15) is 4.88 Å². The Balaban J connectivity index is 2.24. The summed E-state index contributed by atoms with van der Waals surface area (Å²) in [4.78, 5) is 23.8. The molecule has 5 nitrogen and oxygen atoms in total. The predicted octanol–water partition coefficient (Wildman–Crippen LogP) is 2.95. The van der Waals surface area contributed by atoms with Gasteiger partial charge in [-0.2, -0.15) is 13.2 Å². The molecule has 130 valence electrons. The summed E-state index contributed by atoms with van der Waals surface area (Å²) < 4.78 is 44.0. The number of ketones is 1. The second kappa shape index (κ2) is 6.01. The molecule has 2 aromatic rings. The fraction of sp³-hybridized carbons (Fsp3) is 0.125. The molecule has 1 unspecified atom stereocenters. The summed E-state index contributed by atoms with van der Waals surface area (Å²) in [5.74, 6) is -7.33. The summed E-state index contributed by atoms with van der Waals surface area (Å²) >= 11 is 1.03. The molecule has 0 bridgehead atoms. The number of thiophene rings is 1. The topological polar surface area (TPSA) is 75.6 Å². The molecule has 0 saturated carbocycles. The van der Waals surface area contributed by atoms with E-state index in [1.165, 1.54) is 6.07 Å². The number of ether oxygens (including phenoxy) is 1. The lowest BCUT2D eigenvalue weighted by Gasteiger charge is -2.26. The molecular formula is C16H10F3NO4S. The van der Waals surface area contributed by atoms with Crippen LogP contribution in [-0.4, -0.2) is 28.8 Å². The third-order valence-electron chi connectivity index (χ3n) is 3.44. The highest BCUT2D eigenvalue weighted by Crippen LogP contribution is 2.45. The van der Waals surface area contributed by atoms with Gasteiger partial charge in [0.15, 0.2) is 0 Å². The number of Topliss-reactive ketones (excluding diaryl/α,β-unsaturated/α-hetero) is 1. The number of aliphatic hydroxyl groups is 1. The van der Waals surface area contributed by atoms with E-state index in [9.17, 15) is 27.9 Å². The molecule has 0 radical (unpaired) electrons. The summed E-state index contributed by atoms with van der Waals surface area (Å²) in [6.45, 7) is 0. The van der Waals surface area contributed by atoms with Crippen molar-refractivity contribution in [2.24, 2.45) is 0 Å². The van der Waals surface area contributed by atoms with Crippen LogP contribution in [-0.2, 0) is 14.3 Å². The molecule has 0 aliphatic carbocycles. The molecule has 9 heteroatoms. The SMILES string of the molecule is O=C1OC(O)(C(F)(F)F)C(=C(Nc2ccccc2)c2cccs2)C1=O. The van der Waals surface area contributed by atoms with Gasteiger partial charge in [-0.25, -0.2) is 4.79 Å². The summed E-state index contributed by atoms with van der Waals surface area (Å²) in [6.07, 6.45) is -5.38. The average molecular weight is 369 g/mol. The average Bonchev–Trinajstić information content (AvgIpc) is 3.15. The maximum atomic E-state index is 13.3. The van der Waals surface area contributed by atoms with E-state index >= 15 is 0 Å². The number of alkyl halides is 3. The van der Waals surface area contributed by atoms with E-state index < -0.39 is 29.3 Å². The Morgan fingerprint density at radius 1 is 1.12 bits per heavy atom. The van der Waals surface area contributed by atoms with Crippen LogP contribution in [0.5, 0.6) is 0 Å². The first-order chi connectivity index (χ1) is 11.7. The number of carbonyl (C=O) groups is 2. The number of benzene rings is 1. The monoisotopic (exact) mass is 369 g/mol. The summed E-state index contributed by atoms with van der Waals surface area (Å²) in [5, 5.41) is 14.3. The molecule has 2 N–H and O–H groups in total. The van der Waals surface area contributed by atoms with Gasteiger partial charge >= 0.3 is 17.9 Å². The van der Waals surface area contributed by atoms with Crippen molar-refractivity contribution in [2.45, 2.75) is 12.0 Å². The number of hydrogen-bond donors (Lipinski definition) is 2. The van der Waals surface area contributed by atoms with Crippen LogP contribution in [0.2, 0.25) is 0 Å². The summed E-state index contributed by atoms with van der Waals surface area (Å²) in [5.41, 5.74) is -1.15. The maximum Gasteiger partial charge on any atom is 0.460 e. The number of carbonyl (C=O) groups excluding carboxylic acids is 2. The van der Waals surface area contributed by atoms with Crippen molar-refractivity contribution in [1.82, 2.24) is 0 Å². The van der Waals surface area contributed by atoms with Gasteiger partial charge in [0.25, 0.3) is 5.78 Å². The molecule has 1 aliphatic heterocycles. The van der Waals surface area contributed by atoms with Crippen molar-refractivity contribution in [3.05, 3.63) is 58.3 Å². The molecule has 1 atom stereocenters. The first kappa shape index (κ1) is 17.2. The molecule has 1 aromatic carbocycles. The molecule has 1 saturated heterocycles. The van der Waals surface area contributed by atoms with Crippen molar-refractivity contribution in [2.75, 3.05) is 5.32 Å². The lowest BCUT2D eigenvalue weighted by Crippen LogP contribution is -2.47. The van der Waals surface area contributed by atoms with Crippen LogP contribution < -0.4 is 5.32 Å². The Bertz CT molecular complexity index is 846. The minimum absolute atomic E-state index is 0.230. The third-order valence-corrected chi connectivity index (χ3v) is 4.32. The maximum absolute atomic E-state index is 13.3. The van der Waals surface area contributed by atoms with Crippen LogP contribution in [0.25, 0.3) is 5.70 Å². The van der Waals surface area contributed by atoms with Gasteiger partial charge in [0.2, 0.25) is 0 Å². The summed E-state index contributed by atoms with van der Waals surface area (Å²) in [7, 11) is 0. The molecular weight excluding hydrogens is 359 g/mol. The molecule has 1 aromatic heterocycles. The van der Waals surface area contributed by atoms with Gasteiger partial charge in [0, 0.05) is 5.69 Å². The van der Waals surface area contributed by atoms with Crippen molar-refractivity contribution in [3.8, 4) is 0 Å². The number of para-hydroxylation sites is 1. The fourth-order valence-electron chi connectivity index (χ4n) is 2.30. The third kappa shape index (κ3) is 2.92. The molecule has 2 heterocycles. The van der Waals surface area contributed by atoms with Gasteiger partial charge in [-0.3, -0.25) is 4.79 Å². The number of halogens is 3.